The summed E-state index contributed by atoms with van der Waals surface area (Å²) in [6.07, 6.45) is 5.97. The SMILES string of the molecule is C[C@H](CCCC(C)(C)O)[C@@H]1OC[C@H]2C(=O)CCC[C@@]21C. The minimum Gasteiger partial charge on any atom is -0.390 e. The van der Waals surface area contributed by atoms with E-state index in [2.05, 4.69) is 13.8 Å². The standard InChI is InChI=1S/C17H30O3/c1-12(7-5-9-16(2,3)19)15-17(4)10-6-8-14(18)13(17)11-20-15/h12-13,15,19H,5-11H2,1-4H3/t12-,13+,15+,17+/m1/s1. The number of aliphatic hydroxyl groups is 1. The fourth-order valence-electron chi connectivity index (χ4n) is 4.20. The lowest BCUT2D eigenvalue weighted by molar-refractivity contribution is -0.128. The highest BCUT2D eigenvalue weighted by Gasteiger charge is 2.53. The van der Waals surface area contributed by atoms with Crippen LogP contribution in [0.5, 0.6) is 0 Å². The van der Waals surface area contributed by atoms with Crippen LogP contribution in [0.2, 0.25) is 0 Å². The molecule has 116 valence electrons. The molecule has 1 aliphatic heterocycles. The summed E-state index contributed by atoms with van der Waals surface area (Å²) in [6.45, 7) is 8.83. The van der Waals surface area contributed by atoms with E-state index in [1.165, 1.54) is 0 Å². The highest BCUT2D eigenvalue weighted by atomic mass is 16.5. The third kappa shape index (κ3) is 3.25. The Balaban J connectivity index is 1.93. The third-order valence-corrected chi connectivity index (χ3v) is 5.38. The molecule has 1 saturated carbocycles. The predicted octanol–water partition coefficient (Wildman–Crippen LogP) is 3.34. The average Bonchev–Trinajstić information content (AvgIpc) is 2.66. The summed E-state index contributed by atoms with van der Waals surface area (Å²) in [6, 6.07) is 0. The van der Waals surface area contributed by atoms with Crippen molar-refractivity contribution < 1.29 is 14.6 Å². The zero-order valence-corrected chi connectivity index (χ0v) is 13.4. The maximum atomic E-state index is 12.1. The van der Waals surface area contributed by atoms with E-state index < -0.39 is 5.60 Å². The monoisotopic (exact) mass is 282 g/mol. The highest BCUT2D eigenvalue weighted by molar-refractivity contribution is 5.83. The van der Waals surface area contributed by atoms with Gasteiger partial charge in [0.1, 0.15) is 5.78 Å². The van der Waals surface area contributed by atoms with E-state index in [0.717, 1.165) is 38.5 Å². The maximum absolute atomic E-state index is 12.1. The summed E-state index contributed by atoms with van der Waals surface area (Å²) in [5, 5.41) is 9.79. The molecule has 0 bridgehead atoms. The lowest BCUT2D eigenvalue weighted by Crippen LogP contribution is -2.43. The van der Waals surface area contributed by atoms with Gasteiger partial charge in [0.15, 0.2) is 0 Å². The quantitative estimate of drug-likeness (QED) is 0.841. The Morgan fingerprint density at radius 3 is 2.85 bits per heavy atom. The van der Waals surface area contributed by atoms with E-state index in [1.54, 1.807) is 0 Å². The molecule has 1 heterocycles. The summed E-state index contributed by atoms with van der Waals surface area (Å²) in [7, 11) is 0. The van der Waals surface area contributed by atoms with Gasteiger partial charge >= 0.3 is 0 Å². The zero-order chi connectivity index (χ0) is 15.0. The largest absolute Gasteiger partial charge is 0.390 e. The number of ketones is 1. The van der Waals surface area contributed by atoms with Crippen molar-refractivity contribution in [3.63, 3.8) is 0 Å². The number of fused-ring (bicyclic) bond motifs is 1. The van der Waals surface area contributed by atoms with E-state index in [0.29, 0.717) is 18.3 Å². The van der Waals surface area contributed by atoms with Gasteiger partial charge in [0.2, 0.25) is 0 Å². The van der Waals surface area contributed by atoms with E-state index in [1.807, 2.05) is 13.8 Å². The first kappa shape index (κ1) is 16.0. The van der Waals surface area contributed by atoms with Crippen molar-refractivity contribution in [2.75, 3.05) is 6.61 Å². The minimum atomic E-state index is -0.580. The second-order valence-electron chi connectivity index (χ2n) is 7.81. The summed E-state index contributed by atoms with van der Waals surface area (Å²) in [5.41, 5.74) is -0.535. The van der Waals surface area contributed by atoms with Crippen LogP contribution in [0.15, 0.2) is 0 Å². The van der Waals surface area contributed by atoms with Crippen LogP contribution < -0.4 is 0 Å². The van der Waals surface area contributed by atoms with Crippen molar-refractivity contribution >= 4 is 5.78 Å². The first-order valence-electron chi connectivity index (χ1n) is 8.11. The molecule has 20 heavy (non-hydrogen) atoms. The molecular weight excluding hydrogens is 252 g/mol. The Hall–Kier alpha value is -0.410. The first-order valence-corrected chi connectivity index (χ1v) is 8.11. The van der Waals surface area contributed by atoms with Crippen molar-refractivity contribution in [1.29, 1.82) is 0 Å². The molecule has 0 radical (unpaired) electrons. The van der Waals surface area contributed by atoms with E-state index in [4.69, 9.17) is 4.74 Å². The maximum Gasteiger partial charge on any atom is 0.138 e. The summed E-state index contributed by atoms with van der Waals surface area (Å²) in [5.74, 6) is 0.987. The second-order valence-corrected chi connectivity index (χ2v) is 7.81. The van der Waals surface area contributed by atoms with Crippen molar-refractivity contribution in [1.82, 2.24) is 0 Å². The van der Waals surface area contributed by atoms with Gasteiger partial charge in [0.25, 0.3) is 0 Å². The molecule has 0 aromatic rings. The number of ether oxygens (including phenoxy) is 1. The smallest absolute Gasteiger partial charge is 0.138 e. The Morgan fingerprint density at radius 1 is 1.50 bits per heavy atom. The molecule has 1 aliphatic carbocycles. The molecule has 3 heteroatoms. The van der Waals surface area contributed by atoms with Crippen LogP contribution in [0.4, 0.5) is 0 Å². The van der Waals surface area contributed by atoms with Gasteiger partial charge in [0.05, 0.1) is 18.3 Å². The Morgan fingerprint density at radius 2 is 2.20 bits per heavy atom. The van der Waals surface area contributed by atoms with Crippen LogP contribution in [0.3, 0.4) is 0 Å². The topological polar surface area (TPSA) is 46.5 Å². The molecule has 2 fully saturated rings. The number of Topliss-reactive ketones (excluding diaryl/α,β-unsaturated/α-hetero) is 1. The normalized spacial score (nSPS) is 36.0. The van der Waals surface area contributed by atoms with Crippen LogP contribution in [0.25, 0.3) is 0 Å². The zero-order valence-electron chi connectivity index (χ0n) is 13.4. The molecule has 0 aromatic heterocycles. The summed E-state index contributed by atoms with van der Waals surface area (Å²) < 4.78 is 6.03. The fourth-order valence-corrected chi connectivity index (χ4v) is 4.20. The van der Waals surface area contributed by atoms with Crippen LogP contribution in [0, 0.1) is 17.3 Å². The Bertz CT molecular complexity index is 358. The van der Waals surface area contributed by atoms with Crippen LogP contribution in [-0.4, -0.2) is 29.2 Å². The van der Waals surface area contributed by atoms with E-state index in [9.17, 15) is 9.90 Å². The Labute approximate surface area is 123 Å². The van der Waals surface area contributed by atoms with Gasteiger partial charge in [-0.2, -0.15) is 0 Å². The van der Waals surface area contributed by atoms with E-state index in [-0.39, 0.29) is 17.4 Å². The molecule has 0 aromatic carbocycles. The van der Waals surface area contributed by atoms with Crippen molar-refractivity contribution in [2.24, 2.45) is 17.3 Å². The van der Waals surface area contributed by atoms with Gasteiger partial charge in [-0.15, -0.1) is 0 Å². The van der Waals surface area contributed by atoms with Gasteiger partial charge in [-0.3, -0.25) is 4.79 Å². The van der Waals surface area contributed by atoms with Crippen molar-refractivity contribution in [3.05, 3.63) is 0 Å². The molecule has 1 N–H and O–H groups in total. The lowest BCUT2D eigenvalue weighted by atomic mass is 9.63. The lowest BCUT2D eigenvalue weighted by Gasteiger charge is -2.40. The summed E-state index contributed by atoms with van der Waals surface area (Å²) in [4.78, 5) is 12.1. The van der Waals surface area contributed by atoms with Crippen LogP contribution in [-0.2, 0) is 9.53 Å². The number of rotatable bonds is 5. The van der Waals surface area contributed by atoms with Crippen molar-refractivity contribution in [2.45, 2.75) is 77.9 Å². The molecule has 0 spiro atoms. The molecule has 0 amide bonds. The summed E-state index contributed by atoms with van der Waals surface area (Å²) >= 11 is 0. The van der Waals surface area contributed by atoms with Gasteiger partial charge in [-0.1, -0.05) is 20.3 Å². The third-order valence-electron chi connectivity index (χ3n) is 5.38. The minimum absolute atomic E-state index is 0.0451. The average molecular weight is 282 g/mol. The molecule has 1 saturated heterocycles. The number of carbonyl (C=O) groups excluding carboxylic acids is 1. The Kier molecular flexibility index (Phi) is 4.60. The highest BCUT2D eigenvalue weighted by Crippen LogP contribution is 2.50. The molecule has 2 aliphatic rings. The second kappa shape index (κ2) is 5.76. The number of hydrogen-bond acceptors (Lipinski definition) is 3. The van der Waals surface area contributed by atoms with Crippen molar-refractivity contribution in [3.8, 4) is 0 Å². The van der Waals surface area contributed by atoms with Crippen LogP contribution in [0.1, 0.15) is 66.2 Å². The van der Waals surface area contributed by atoms with Gasteiger partial charge in [0, 0.05) is 17.8 Å². The van der Waals surface area contributed by atoms with E-state index >= 15 is 0 Å². The van der Waals surface area contributed by atoms with Gasteiger partial charge < -0.3 is 9.84 Å². The molecular formula is C17H30O3. The van der Waals surface area contributed by atoms with Gasteiger partial charge in [-0.25, -0.2) is 0 Å². The van der Waals surface area contributed by atoms with Crippen LogP contribution >= 0.6 is 0 Å². The fraction of sp³-hybridized carbons (Fsp3) is 0.941. The molecule has 3 nitrogen and oxygen atoms in total. The number of hydrogen-bond donors (Lipinski definition) is 1. The van der Waals surface area contributed by atoms with Gasteiger partial charge in [-0.05, 0) is 45.4 Å². The first-order chi connectivity index (χ1) is 9.24. The molecule has 2 rings (SSSR count). The predicted molar refractivity (Wildman–Crippen MR) is 79.5 cm³/mol. The number of carbonyl (C=O) groups is 1. The molecule has 4 atom stereocenters. The molecule has 0 unspecified atom stereocenters.